The lowest BCUT2D eigenvalue weighted by Crippen LogP contribution is -2.41. The molecule has 5 atom stereocenters. The number of carbonyl (C=O) groups is 1. The average Bonchev–Trinajstić information content (AvgIpc) is 2.54. The third-order valence-corrected chi connectivity index (χ3v) is 5.99. The smallest absolute Gasteiger partial charge is 0.155 e. The molecule has 0 heterocycles. The second-order valence-electron chi connectivity index (χ2n) is 6.78. The lowest BCUT2D eigenvalue weighted by Gasteiger charge is -2.47. The summed E-state index contributed by atoms with van der Waals surface area (Å²) in [7, 11) is 0. The third-order valence-electron chi connectivity index (χ3n) is 5.99. The fourth-order valence-electron chi connectivity index (χ4n) is 5.55. The molecular formula is C14H18O. The van der Waals surface area contributed by atoms with Crippen LogP contribution in [-0.2, 0) is 4.79 Å². The molecule has 80 valence electrons. The molecule has 5 unspecified atom stereocenters. The van der Waals surface area contributed by atoms with Gasteiger partial charge in [-0.2, -0.15) is 0 Å². The topological polar surface area (TPSA) is 17.1 Å². The maximum atomic E-state index is 11.5. The van der Waals surface area contributed by atoms with Gasteiger partial charge < -0.3 is 0 Å². The lowest BCUT2D eigenvalue weighted by atomic mass is 9.56. The van der Waals surface area contributed by atoms with Gasteiger partial charge in [-0.25, -0.2) is 0 Å². The minimum absolute atomic E-state index is 0.379. The van der Waals surface area contributed by atoms with Crippen molar-refractivity contribution in [3.05, 3.63) is 12.2 Å². The minimum Gasteiger partial charge on any atom is -0.295 e. The molecule has 1 spiro atoms. The van der Waals surface area contributed by atoms with Crippen molar-refractivity contribution >= 4 is 5.78 Å². The summed E-state index contributed by atoms with van der Waals surface area (Å²) in [4.78, 5) is 11.5. The Hall–Kier alpha value is -0.590. The summed E-state index contributed by atoms with van der Waals surface area (Å²) in [5.41, 5.74) is 1.08. The molecule has 0 radical (unpaired) electrons. The second-order valence-corrected chi connectivity index (χ2v) is 6.78. The van der Waals surface area contributed by atoms with Crippen LogP contribution < -0.4 is 0 Å². The summed E-state index contributed by atoms with van der Waals surface area (Å²) in [6, 6.07) is 0. The van der Waals surface area contributed by atoms with Gasteiger partial charge in [-0.3, -0.25) is 4.79 Å². The van der Waals surface area contributed by atoms with Gasteiger partial charge in [0.2, 0.25) is 0 Å². The summed E-state index contributed by atoms with van der Waals surface area (Å²) in [6.45, 7) is 2.49. The van der Waals surface area contributed by atoms with Gasteiger partial charge in [0.1, 0.15) is 0 Å². The predicted molar refractivity (Wildman–Crippen MR) is 58.2 cm³/mol. The first-order chi connectivity index (χ1) is 7.11. The van der Waals surface area contributed by atoms with Crippen molar-refractivity contribution in [2.24, 2.45) is 28.6 Å². The van der Waals surface area contributed by atoms with E-state index in [9.17, 15) is 4.79 Å². The van der Waals surface area contributed by atoms with Crippen LogP contribution in [0.25, 0.3) is 0 Å². The van der Waals surface area contributed by atoms with Crippen LogP contribution in [0.1, 0.15) is 39.0 Å². The Bertz CT molecular complexity index is 383. The van der Waals surface area contributed by atoms with Crippen molar-refractivity contribution in [2.45, 2.75) is 39.0 Å². The Morgan fingerprint density at radius 1 is 1.40 bits per heavy atom. The quantitative estimate of drug-likeness (QED) is 0.590. The van der Waals surface area contributed by atoms with Gasteiger partial charge >= 0.3 is 0 Å². The van der Waals surface area contributed by atoms with E-state index in [0.717, 1.165) is 18.3 Å². The highest BCUT2D eigenvalue weighted by Gasteiger charge is 2.65. The average molecular weight is 202 g/mol. The van der Waals surface area contributed by atoms with Crippen LogP contribution in [0.2, 0.25) is 0 Å². The van der Waals surface area contributed by atoms with Gasteiger partial charge in [0.05, 0.1) is 0 Å². The Morgan fingerprint density at radius 2 is 2.27 bits per heavy atom. The van der Waals surface area contributed by atoms with Gasteiger partial charge in [0.15, 0.2) is 5.78 Å². The minimum atomic E-state index is 0.379. The molecule has 0 aliphatic heterocycles. The van der Waals surface area contributed by atoms with E-state index < -0.39 is 0 Å². The number of allylic oxidation sites excluding steroid dienone is 2. The zero-order valence-electron chi connectivity index (χ0n) is 9.33. The first-order valence-electron chi connectivity index (χ1n) is 6.33. The first-order valence-corrected chi connectivity index (χ1v) is 6.33. The standard InChI is InChI=1S/C14H18O/c1-13-6-9-4-10(13)7-14(8-13)3-2-11(15)5-12(9)14/h2-3,9-10,12H,4-8H2,1H3. The van der Waals surface area contributed by atoms with Crippen molar-refractivity contribution in [1.82, 2.24) is 0 Å². The van der Waals surface area contributed by atoms with Crippen LogP contribution in [0.3, 0.4) is 0 Å². The molecule has 1 nitrogen and oxygen atoms in total. The molecular weight excluding hydrogens is 184 g/mol. The van der Waals surface area contributed by atoms with Gasteiger partial charge in [0.25, 0.3) is 0 Å². The van der Waals surface area contributed by atoms with E-state index >= 15 is 0 Å². The highest BCUT2D eigenvalue weighted by molar-refractivity contribution is 5.91. The molecule has 0 amide bonds. The van der Waals surface area contributed by atoms with Gasteiger partial charge in [0, 0.05) is 6.42 Å². The maximum Gasteiger partial charge on any atom is 0.155 e. The Kier molecular flexibility index (Phi) is 1.27. The number of carbonyl (C=O) groups excluding carboxylic acids is 1. The molecule has 0 aromatic heterocycles. The highest BCUT2D eigenvalue weighted by atomic mass is 16.1. The zero-order chi connectivity index (χ0) is 10.3. The van der Waals surface area contributed by atoms with Crippen LogP contribution in [0, 0.1) is 28.6 Å². The second kappa shape index (κ2) is 2.23. The van der Waals surface area contributed by atoms with E-state index in [0.29, 0.717) is 22.5 Å². The fraction of sp³-hybridized carbons (Fsp3) is 0.786. The molecule has 0 aromatic rings. The lowest BCUT2D eigenvalue weighted by molar-refractivity contribution is -0.118. The third kappa shape index (κ3) is 0.847. The molecule has 4 fully saturated rings. The molecule has 5 aliphatic rings. The number of hydrogen-bond acceptors (Lipinski definition) is 1. The summed E-state index contributed by atoms with van der Waals surface area (Å²) < 4.78 is 0. The Morgan fingerprint density at radius 3 is 3.07 bits per heavy atom. The fourth-order valence-corrected chi connectivity index (χ4v) is 5.55. The van der Waals surface area contributed by atoms with Crippen molar-refractivity contribution in [2.75, 3.05) is 0 Å². The molecule has 0 N–H and O–H groups in total. The maximum absolute atomic E-state index is 11.5. The molecule has 4 saturated carbocycles. The van der Waals surface area contributed by atoms with Gasteiger partial charge in [-0.05, 0) is 60.3 Å². The van der Waals surface area contributed by atoms with E-state index in [-0.39, 0.29) is 0 Å². The van der Waals surface area contributed by atoms with Crippen LogP contribution in [0.15, 0.2) is 12.2 Å². The van der Waals surface area contributed by atoms with Crippen molar-refractivity contribution in [3.8, 4) is 0 Å². The molecule has 15 heavy (non-hydrogen) atoms. The van der Waals surface area contributed by atoms with Gasteiger partial charge in [-0.1, -0.05) is 13.0 Å². The van der Waals surface area contributed by atoms with Crippen LogP contribution in [0.5, 0.6) is 0 Å². The molecule has 5 rings (SSSR count). The van der Waals surface area contributed by atoms with Gasteiger partial charge in [-0.15, -0.1) is 0 Å². The summed E-state index contributed by atoms with van der Waals surface area (Å²) in [5, 5.41) is 0. The molecule has 4 bridgehead atoms. The van der Waals surface area contributed by atoms with E-state index in [2.05, 4.69) is 13.0 Å². The Labute approximate surface area is 90.9 Å². The van der Waals surface area contributed by atoms with E-state index in [1.165, 1.54) is 25.7 Å². The highest BCUT2D eigenvalue weighted by Crippen LogP contribution is 2.73. The van der Waals surface area contributed by atoms with E-state index in [4.69, 9.17) is 0 Å². The normalized spacial score (nSPS) is 60.1. The van der Waals surface area contributed by atoms with Crippen LogP contribution in [-0.4, -0.2) is 5.78 Å². The molecule has 0 saturated heterocycles. The summed E-state index contributed by atoms with van der Waals surface area (Å²) >= 11 is 0. The van der Waals surface area contributed by atoms with Crippen LogP contribution >= 0.6 is 0 Å². The number of hydrogen-bond donors (Lipinski definition) is 0. The summed E-state index contributed by atoms with van der Waals surface area (Å²) in [6.07, 6.45) is 10.6. The van der Waals surface area contributed by atoms with Crippen molar-refractivity contribution < 1.29 is 4.79 Å². The Balaban J connectivity index is 1.86. The number of ketones is 1. The van der Waals surface area contributed by atoms with E-state index in [1.54, 1.807) is 0 Å². The summed E-state index contributed by atoms with van der Waals surface area (Å²) in [5.74, 6) is 2.93. The monoisotopic (exact) mass is 202 g/mol. The van der Waals surface area contributed by atoms with Crippen molar-refractivity contribution in [1.29, 1.82) is 0 Å². The number of rotatable bonds is 0. The molecule has 1 heteroatoms. The molecule has 0 aromatic carbocycles. The van der Waals surface area contributed by atoms with Crippen molar-refractivity contribution in [3.63, 3.8) is 0 Å². The molecule has 5 aliphatic carbocycles. The largest absolute Gasteiger partial charge is 0.295 e. The van der Waals surface area contributed by atoms with E-state index in [1.807, 2.05) is 6.08 Å². The first kappa shape index (κ1) is 8.55. The predicted octanol–water partition coefficient (Wildman–Crippen LogP) is 2.96. The van der Waals surface area contributed by atoms with Crippen LogP contribution in [0.4, 0.5) is 0 Å². The SMILES string of the molecule is CC12CC3CC1CC1(C=CC(=O)CC31)C2. The zero-order valence-corrected chi connectivity index (χ0v) is 9.33.